The molecule has 1 aliphatic heterocycles. The molecule has 3 unspecified atom stereocenters. The van der Waals surface area contributed by atoms with Gasteiger partial charge >= 0.3 is 12.1 Å². The van der Waals surface area contributed by atoms with E-state index in [-0.39, 0.29) is 38.2 Å². The van der Waals surface area contributed by atoms with Crippen LogP contribution in [0.15, 0.2) is 48.5 Å². The molecule has 8 nitrogen and oxygen atoms in total. The van der Waals surface area contributed by atoms with E-state index in [4.69, 9.17) is 9.47 Å². The first-order chi connectivity index (χ1) is 16.3. The molecule has 8 heteroatoms. The van der Waals surface area contributed by atoms with Gasteiger partial charge in [0.15, 0.2) is 0 Å². The normalized spacial score (nSPS) is 20.6. The van der Waals surface area contributed by atoms with Crippen LogP contribution in [0, 0.1) is 11.3 Å². The number of nitrogens with one attached hydrogen (secondary N) is 2. The van der Waals surface area contributed by atoms with E-state index < -0.39 is 29.4 Å². The number of carbonyl (C=O) groups excluding carboxylic acids is 2. The molecule has 1 fully saturated rings. The zero-order valence-corrected chi connectivity index (χ0v) is 19.4. The van der Waals surface area contributed by atoms with Gasteiger partial charge in [0.1, 0.15) is 12.5 Å². The van der Waals surface area contributed by atoms with E-state index >= 15 is 0 Å². The van der Waals surface area contributed by atoms with E-state index in [1.165, 1.54) is 0 Å². The average Bonchev–Trinajstić information content (AvgIpc) is 3.44. The van der Waals surface area contributed by atoms with Gasteiger partial charge in [0.05, 0.1) is 24.7 Å². The summed E-state index contributed by atoms with van der Waals surface area (Å²) in [6.07, 6.45) is -0.143. The molecule has 34 heavy (non-hydrogen) atoms. The second kappa shape index (κ2) is 9.85. The summed E-state index contributed by atoms with van der Waals surface area (Å²) in [4.78, 5) is 36.8. The lowest BCUT2D eigenvalue weighted by atomic mass is 9.85. The number of carbonyl (C=O) groups is 3. The fourth-order valence-corrected chi connectivity index (χ4v) is 4.57. The van der Waals surface area contributed by atoms with Crippen LogP contribution >= 0.6 is 0 Å². The molecule has 0 spiro atoms. The predicted molar refractivity (Wildman–Crippen MR) is 125 cm³/mol. The standard InChI is InChI=1S/C26H30N2O6/c1-3-26(2,24(31)28-22-14-33-12-21(22)23(29)30)15-27-25(32)34-13-20-18-10-6-4-8-16(18)17-9-5-7-11-19(17)20/h4-11,20-22H,3,12-15H2,1-2H3,(H,27,32)(H,28,31)(H,29,30). The van der Waals surface area contributed by atoms with Crippen LogP contribution in [0.3, 0.4) is 0 Å². The highest BCUT2D eigenvalue weighted by Crippen LogP contribution is 2.44. The van der Waals surface area contributed by atoms with Gasteiger partial charge in [-0.1, -0.05) is 55.5 Å². The Morgan fingerprint density at radius 2 is 1.68 bits per heavy atom. The molecule has 2 aromatic carbocycles. The van der Waals surface area contributed by atoms with Crippen LogP contribution in [-0.2, 0) is 19.1 Å². The van der Waals surface area contributed by atoms with Crippen molar-refractivity contribution in [2.45, 2.75) is 32.2 Å². The fourth-order valence-electron chi connectivity index (χ4n) is 4.57. The third kappa shape index (κ3) is 4.63. The largest absolute Gasteiger partial charge is 0.481 e. The molecule has 3 atom stereocenters. The smallest absolute Gasteiger partial charge is 0.407 e. The Morgan fingerprint density at radius 1 is 1.06 bits per heavy atom. The molecular weight excluding hydrogens is 436 g/mol. The lowest BCUT2D eigenvalue weighted by Crippen LogP contribution is -2.52. The zero-order valence-electron chi connectivity index (χ0n) is 19.4. The minimum atomic E-state index is -1.00. The molecule has 4 rings (SSSR count). The first-order valence-corrected chi connectivity index (χ1v) is 11.5. The van der Waals surface area contributed by atoms with E-state index in [1.54, 1.807) is 6.92 Å². The van der Waals surface area contributed by atoms with Crippen LogP contribution in [0.25, 0.3) is 11.1 Å². The van der Waals surface area contributed by atoms with Gasteiger partial charge in [0, 0.05) is 12.5 Å². The van der Waals surface area contributed by atoms with Crippen LogP contribution in [0.1, 0.15) is 37.3 Å². The number of rotatable bonds is 8. The van der Waals surface area contributed by atoms with Gasteiger partial charge in [-0.3, -0.25) is 9.59 Å². The van der Waals surface area contributed by atoms with E-state index in [0.717, 1.165) is 22.3 Å². The van der Waals surface area contributed by atoms with Crippen molar-refractivity contribution in [1.82, 2.24) is 10.6 Å². The van der Waals surface area contributed by atoms with Gasteiger partial charge in [0.25, 0.3) is 0 Å². The number of hydrogen-bond donors (Lipinski definition) is 3. The SMILES string of the molecule is CCC(C)(CNC(=O)OCC1c2ccccc2-c2ccccc21)C(=O)NC1COCC1C(=O)O. The van der Waals surface area contributed by atoms with Gasteiger partial charge in [-0.25, -0.2) is 4.79 Å². The van der Waals surface area contributed by atoms with Crippen LogP contribution in [0.2, 0.25) is 0 Å². The third-order valence-corrected chi connectivity index (χ3v) is 7.01. The van der Waals surface area contributed by atoms with Crippen LogP contribution in [-0.4, -0.2) is 55.5 Å². The minimum absolute atomic E-state index is 0.0469. The molecule has 0 saturated carbocycles. The number of fused-ring (bicyclic) bond motifs is 3. The van der Waals surface area contributed by atoms with Crippen molar-refractivity contribution in [2.75, 3.05) is 26.4 Å². The highest BCUT2D eigenvalue weighted by molar-refractivity contribution is 5.84. The van der Waals surface area contributed by atoms with Crippen LogP contribution in [0.4, 0.5) is 4.79 Å². The Bertz CT molecular complexity index is 1040. The van der Waals surface area contributed by atoms with Crippen molar-refractivity contribution in [1.29, 1.82) is 0 Å². The second-order valence-electron chi connectivity index (χ2n) is 9.16. The molecule has 1 heterocycles. The maximum atomic E-state index is 12.9. The Morgan fingerprint density at radius 3 is 2.26 bits per heavy atom. The molecule has 0 bridgehead atoms. The van der Waals surface area contributed by atoms with Gasteiger partial charge in [0.2, 0.25) is 5.91 Å². The molecule has 2 aliphatic rings. The van der Waals surface area contributed by atoms with Crippen molar-refractivity contribution in [3.8, 4) is 11.1 Å². The average molecular weight is 467 g/mol. The summed E-state index contributed by atoms with van der Waals surface area (Å²) in [5, 5.41) is 14.8. The van der Waals surface area contributed by atoms with Crippen molar-refractivity contribution in [3.63, 3.8) is 0 Å². The highest BCUT2D eigenvalue weighted by Gasteiger charge is 2.39. The number of carboxylic acids is 1. The minimum Gasteiger partial charge on any atom is -0.481 e. The Labute approximate surface area is 198 Å². The number of ether oxygens (including phenoxy) is 2. The second-order valence-corrected chi connectivity index (χ2v) is 9.16. The van der Waals surface area contributed by atoms with Gasteiger partial charge in [-0.2, -0.15) is 0 Å². The lowest BCUT2D eigenvalue weighted by molar-refractivity contribution is -0.142. The van der Waals surface area contributed by atoms with Crippen molar-refractivity contribution in [3.05, 3.63) is 59.7 Å². The van der Waals surface area contributed by atoms with E-state index in [2.05, 4.69) is 34.9 Å². The first kappa shape index (κ1) is 23.8. The van der Waals surface area contributed by atoms with E-state index in [9.17, 15) is 19.5 Å². The Hall–Kier alpha value is -3.39. The summed E-state index contributed by atoms with van der Waals surface area (Å²) in [5.41, 5.74) is 3.63. The summed E-state index contributed by atoms with van der Waals surface area (Å²) >= 11 is 0. The monoisotopic (exact) mass is 466 g/mol. The molecule has 0 radical (unpaired) electrons. The molecule has 2 aromatic rings. The van der Waals surface area contributed by atoms with Crippen LogP contribution < -0.4 is 10.6 Å². The molecule has 3 N–H and O–H groups in total. The molecular formula is C26H30N2O6. The summed E-state index contributed by atoms with van der Waals surface area (Å²) in [6, 6.07) is 15.6. The van der Waals surface area contributed by atoms with E-state index in [1.807, 2.05) is 31.2 Å². The summed E-state index contributed by atoms with van der Waals surface area (Å²) < 4.78 is 10.8. The van der Waals surface area contributed by atoms with E-state index in [0.29, 0.717) is 6.42 Å². The quantitative estimate of drug-likeness (QED) is 0.551. The highest BCUT2D eigenvalue weighted by atomic mass is 16.5. The first-order valence-electron chi connectivity index (χ1n) is 11.5. The number of aliphatic carboxylic acids is 1. The molecule has 0 aromatic heterocycles. The van der Waals surface area contributed by atoms with Crippen LogP contribution in [0.5, 0.6) is 0 Å². The Kier molecular flexibility index (Phi) is 6.88. The molecule has 180 valence electrons. The predicted octanol–water partition coefficient (Wildman–Crippen LogP) is 3.16. The number of carboxylic acid groups (broad SMARTS) is 1. The van der Waals surface area contributed by atoms with Gasteiger partial charge in [-0.05, 0) is 35.6 Å². The molecule has 1 aliphatic carbocycles. The number of amides is 2. The zero-order chi connectivity index (χ0) is 24.3. The number of alkyl carbamates (subject to hydrolysis) is 1. The van der Waals surface area contributed by atoms with Gasteiger partial charge in [-0.15, -0.1) is 0 Å². The van der Waals surface area contributed by atoms with Crippen molar-refractivity contribution >= 4 is 18.0 Å². The maximum absolute atomic E-state index is 12.9. The summed E-state index contributed by atoms with van der Waals surface area (Å²) in [6.45, 7) is 4.06. The fraction of sp³-hybridized carbons (Fsp3) is 0.423. The van der Waals surface area contributed by atoms with Gasteiger partial charge < -0.3 is 25.2 Å². The molecule has 2 amide bonds. The van der Waals surface area contributed by atoms with Crippen molar-refractivity contribution < 1.29 is 29.0 Å². The summed E-state index contributed by atoms with van der Waals surface area (Å²) in [7, 11) is 0. The van der Waals surface area contributed by atoms with Crippen molar-refractivity contribution in [2.24, 2.45) is 11.3 Å². The lowest BCUT2D eigenvalue weighted by Gasteiger charge is -2.29. The molecule has 1 saturated heterocycles. The maximum Gasteiger partial charge on any atom is 0.407 e. The number of benzene rings is 2. The summed E-state index contributed by atoms with van der Waals surface area (Å²) in [5.74, 6) is -2.15. The topological polar surface area (TPSA) is 114 Å². The number of hydrogen-bond acceptors (Lipinski definition) is 5. The third-order valence-electron chi connectivity index (χ3n) is 7.01. The Balaban J connectivity index is 1.34.